The number of rotatable bonds is 6. The number of nitrogens with one attached hydrogen (secondary N) is 1. The van der Waals surface area contributed by atoms with E-state index >= 15 is 0 Å². The fraction of sp³-hybridized carbons (Fsp3) is 0.318. The lowest BCUT2D eigenvalue weighted by Crippen LogP contribution is -2.37. The van der Waals surface area contributed by atoms with E-state index in [0.717, 1.165) is 32.6 Å². The number of carbonyl (C=O) groups excluding carboxylic acids is 1. The highest BCUT2D eigenvalue weighted by molar-refractivity contribution is 5.80. The molecule has 1 aliphatic heterocycles. The van der Waals surface area contributed by atoms with Gasteiger partial charge in [-0.15, -0.1) is 0 Å². The molecule has 3 aromatic rings. The van der Waals surface area contributed by atoms with Crippen LogP contribution in [-0.4, -0.2) is 34.5 Å². The third-order valence-corrected chi connectivity index (χ3v) is 5.15. The van der Waals surface area contributed by atoms with Crippen LogP contribution >= 0.6 is 0 Å². The summed E-state index contributed by atoms with van der Waals surface area (Å²) in [4.78, 5) is 14.8. The molecule has 2 aromatic carbocycles. The van der Waals surface area contributed by atoms with Gasteiger partial charge in [-0.1, -0.05) is 48.5 Å². The van der Waals surface area contributed by atoms with E-state index in [4.69, 9.17) is 0 Å². The third-order valence-electron chi connectivity index (χ3n) is 5.15. The standard InChI is InChI=1S/C22H25N3O/c26-22(12-15-25-14-10-19-8-4-5-9-21(19)25)23-20-11-13-24(17-20)16-18-6-2-1-3-7-18/h1-10,14,20H,11-13,15-17H2,(H,23,26)/t20-/m1/s1. The highest BCUT2D eigenvalue weighted by Crippen LogP contribution is 2.16. The van der Waals surface area contributed by atoms with Crippen LogP contribution in [0.3, 0.4) is 0 Å². The van der Waals surface area contributed by atoms with Gasteiger partial charge in [0.05, 0.1) is 0 Å². The Morgan fingerprint density at radius 1 is 1.04 bits per heavy atom. The van der Waals surface area contributed by atoms with E-state index in [-0.39, 0.29) is 11.9 Å². The van der Waals surface area contributed by atoms with Gasteiger partial charge in [-0.3, -0.25) is 9.69 Å². The normalized spacial score (nSPS) is 17.6. The minimum absolute atomic E-state index is 0.148. The zero-order valence-corrected chi connectivity index (χ0v) is 15.0. The van der Waals surface area contributed by atoms with Gasteiger partial charge in [0.1, 0.15) is 0 Å². The molecule has 0 radical (unpaired) electrons. The van der Waals surface area contributed by atoms with Crippen molar-refractivity contribution in [3.63, 3.8) is 0 Å². The molecule has 1 fully saturated rings. The SMILES string of the molecule is O=C(CCn1ccc2ccccc21)N[C@@H]1CCN(Cc2ccccc2)C1. The van der Waals surface area contributed by atoms with Crippen molar-refractivity contribution in [3.8, 4) is 0 Å². The molecule has 1 N–H and O–H groups in total. The van der Waals surface area contributed by atoms with E-state index in [0.29, 0.717) is 6.42 Å². The number of hydrogen-bond acceptors (Lipinski definition) is 2. The lowest BCUT2D eigenvalue weighted by atomic mass is 10.2. The summed E-state index contributed by atoms with van der Waals surface area (Å²) >= 11 is 0. The molecule has 4 heteroatoms. The molecule has 0 spiro atoms. The van der Waals surface area contributed by atoms with Crippen LogP contribution in [-0.2, 0) is 17.9 Å². The number of benzene rings is 2. The minimum Gasteiger partial charge on any atom is -0.352 e. The second-order valence-electron chi connectivity index (χ2n) is 7.09. The quantitative estimate of drug-likeness (QED) is 0.742. The number of fused-ring (bicyclic) bond motifs is 1. The number of amides is 1. The van der Waals surface area contributed by atoms with Crippen LogP contribution in [0.25, 0.3) is 10.9 Å². The van der Waals surface area contributed by atoms with E-state index in [2.05, 4.69) is 63.4 Å². The molecule has 0 bridgehead atoms. The van der Waals surface area contributed by atoms with Crippen LogP contribution in [0.2, 0.25) is 0 Å². The maximum absolute atomic E-state index is 12.4. The second-order valence-corrected chi connectivity index (χ2v) is 7.09. The summed E-state index contributed by atoms with van der Waals surface area (Å²) in [6.45, 7) is 3.66. The van der Waals surface area contributed by atoms with Crippen molar-refractivity contribution in [1.82, 2.24) is 14.8 Å². The number of carbonyl (C=O) groups is 1. The van der Waals surface area contributed by atoms with Gasteiger partial charge >= 0.3 is 0 Å². The van der Waals surface area contributed by atoms with Crippen molar-refractivity contribution >= 4 is 16.8 Å². The summed E-state index contributed by atoms with van der Waals surface area (Å²) in [5.41, 5.74) is 2.52. The third kappa shape index (κ3) is 3.97. The zero-order chi connectivity index (χ0) is 17.8. The topological polar surface area (TPSA) is 37.3 Å². The molecule has 1 amide bonds. The molecular weight excluding hydrogens is 322 g/mol. The Morgan fingerprint density at radius 2 is 1.85 bits per heavy atom. The largest absolute Gasteiger partial charge is 0.352 e. The molecular formula is C22H25N3O. The first-order valence-corrected chi connectivity index (χ1v) is 9.37. The highest BCUT2D eigenvalue weighted by Gasteiger charge is 2.23. The van der Waals surface area contributed by atoms with E-state index in [1.165, 1.54) is 16.5 Å². The van der Waals surface area contributed by atoms with Crippen molar-refractivity contribution in [3.05, 3.63) is 72.4 Å². The van der Waals surface area contributed by atoms with Crippen LogP contribution in [0.5, 0.6) is 0 Å². The van der Waals surface area contributed by atoms with Crippen molar-refractivity contribution in [2.45, 2.75) is 32.0 Å². The average Bonchev–Trinajstić information content (AvgIpc) is 3.28. The smallest absolute Gasteiger partial charge is 0.222 e. The Kier molecular flexibility index (Phi) is 5.02. The van der Waals surface area contributed by atoms with Crippen molar-refractivity contribution in [1.29, 1.82) is 0 Å². The summed E-state index contributed by atoms with van der Waals surface area (Å²) in [6, 6.07) is 21.2. The lowest BCUT2D eigenvalue weighted by molar-refractivity contribution is -0.121. The van der Waals surface area contributed by atoms with Crippen LogP contribution in [0.1, 0.15) is 18.4 Å². The van der Waals surface area contributed by atoms with E-state index in [9.17, 15) is 4.79 Å². The summed E-state index contributed by atoms with van der Waals surface area (Å²) in [7, 11) is 0. The first-order chi connectivity index (χ1) is 12.8. The fourth-order valence-electron chi connectivity index (χ4n) is 3.79. The number of hydrogen-bond donors (Lipinski definition) is 1. The van der Waals surface area contributed by atoms with Gasteiger partial charge < -0.3 is 9.88 Å². The first kappa shape index (κ1) is 16.9. The molecule has 134 valence electrons. The number of nitrogens with zero attached hydrogens (tertiary/aromatic N) is 2. The Bertz CT molecular complexity index is 871. The average molecular weight is 347 g/mol. The van der Waals surface area contributed by atoms with Gasteiger partial charge in [0.2, 0.25) is 5.91 Å². The molecule has 1 aromatic heterocycles. The van der Waals surface area contributed by atoms with Crippen LogP contribution in [0, 0.1) is 0 Å². The first-order valence-electron chi connectivity index (χ1n) is 9.37. The predicted octanol–water partition coefficient (Wildman–Crippen LogP) is 3.42. The maximum Gasteiger partial charge on any atom is 0.222 e. The van der Waals surface area contributed by atoms with Gasteiger partial charge in [0, 0.05) is 50.4 Å². The van der Waals surface area contributed by atoms with Crippen LogP contribution in [0.4, 0.5) is 0 Å². The van der Waals surface area contributed by atoms with Crippen LogP contribution < -0.4 is 5.32 Å². The summed E-state index contributed by atoms with van der Waals surface area (Å²) in [5, 5.41) is 4.43. The van der Waals surface area contributed by atoms with Crippen molar-refractivity contribution in [2.75, 3.05) is 13.1 Å². The molecule has 0 aliphatic carbocycles. The molecule has 26 heavy (non-hydrogen) atoms. The molecule has 4 nitrogen and oxygen atoms in total. The van der Waals surface area contributed by atoms with Crippen molar-refractivity contribution < 1.29 is 4.79 Å². The molecule has 1 aliphatic rings. The number of aryl methyl sites for hydroxylation is 1. The Balaban J connectivity index is 1.25. The monoisotopic (exact) mass is 347 g/mol. The molecule has 2 heterocycles. The number of para-hydroxylation sites is 1. The summed E-state index contributed by atoms with van der Waals surface area (Å²) in [5.74, 6) is 0.148. The lowest BCUT2D eigenvalue weighted by Gasteiger charge is -2.17. The van der Waals surface area contributed by atoms with Crippen LogP contribution in [0.15, 0.2) is 66.9 Å². The summed E-state index contributed by atoms with van der Waals surface area (Å²) < 4.78 is 2.16. The van der Waals surface area contributed by atoms with Crippen molar-refractivity contribution in [2.24, 2.45) is 0 Å². The van der Waals surface area contributed by atoms with Gasteiger partial charge in [0.15, 0.2) is 0 Å². The predicted molar refractivity (Wildman–Crippen MR) is 105 cm³/mol. The zero-order valence-electron chi connectivity index (χ0n) is 15.0. The fourth-order valence-corrected chi connectivity index (χ4v) is 3.79. The van der Waals surface area contributed by atoms with E-state index in [1.54, 1.807) is 0 Å². The molecule has 0 unspecified atom stereocenters. The molecule has 1 atom stereocenters. The summed E-state index contributed by atoms with van der Waals surface area (Å²) in [6.07, 6.45) is 3.62. The molecule has 1 saturated heterocycles. The molecule has 4 rings (SSSR count). The second kappa shape index (κ2) is 7.75. The van der Waals surface area contributed by atoms with Gasteiger partial charge in [0.25, 0.3) is 0 Å². The Labute approximate surface area is 154 Å². The van der Waals surface area contributed by atoms with E-state index in [1.807, 2.05) is 18.2 Å². The number of aromatic nitrogens is 1. The van der Waals surface area contributed by atoms with Gasteiger partial charge in [-0.2, -0.15) is 0 Å². The molecule has 0 saturated carbocycles. The minimum atomic E-state index is 0.148. The Hall–Kier alpha value is -2.59. The van der Waals surface area contributed by atoms with E-state index < -0.39 is 0 Å². The van der Waals surface area contributed by atoms with Gasteiger partial charge in [-0.25, -0.2) is 0 Å². The highest BCUT2D eigenvalue weighted by atomic mass is 16.1. The number of likely N-dealkylation sites (tertiary alicyclic amines) is 1. The van der Waals surface area contributed by atoms with Gasteiger partial charge in [-0.05, 0) is 29.5 Å². The maximum atomic E-state index is 12.4. The Morgan fingerprint density at radius 3 is 2.73 bits per heavy atom.